The molecule has 7 heteroatoms. The minimum Gasteiger partial charge on any atom is -0.454 e. The fourth-order valence-electron chi connectivity index (χ4n) is 3.40. The molecule has 1 N–H and O–H groups in total. The van der Waals surface area contributed by atoms with Crippen LogP contribution in [0.3, 0.4) is 0 Å². The van der Waals surface area contributed by atoms with Crippen LogP contribution in [0.25, 0.3) is 0 Å². The van der Waals surface area contributed by atoms with Gasteiger partial charge < -0.3 is 19.7 Å². The van der Waals surface area contributed by atoms with Gasteiger partial charge in [0.05, 0.1) is 0 Å². The summed E-state index contributed by atoms with van der Waals surface area (Å²) in [5, 5.41) is 2.87. The fraction of sp³-hybridized carbons (Fsp3) is 0.300. The normalized spacial score (nSPS) is 18.1. The van der Waals surface area contributed by atoms with Crippen LogP contribution in [0.15, 0.2) is 40.9 Å². The second-order valence-electron chi connectivity index (χ2n) is 6.67. The second-order valence-corrected chi connectivity index (χ2v) is 7.58. The molecule has 0 bridgehead atoms. The van der Waals surface area contributed by atoms with Gasteiger partial charge in [0.1, 0.15) is 5.92 Å². The Labute approximate surface area is 165 Å². The molecule has 4 rings (SSSR count). The second kappa shape index (κ2) is 7.23. The molecule has 2 aliphatic rings. The molecule has 27 heavy (non-hydrogen) atoms. The van der Waals surface area contributed by atoms with E-state index in [2.05, 4.69) is 21.2 Å². The molecule has 1 atom stereocenters. The molecule has 2 aromatic rings. The summed E-state index contributed by atoms with van der Waals surface area (Å²) in [6.07, 6.45) is 0.512. The number of carbonyl (C=O) groups excluding carboxylic acids is 2. The first-order valence-electron chi connectivity index (χ1n) is 8.77. The molecule has 2 aliphatic heterocycles. The third-order valence-corrected chi connectivity index (χ3v) is 5.38. The number of aryl methyl sites for hydroxylation is 1. The highest BCUT2D eigenvalue weighted by Crippen LogP contribution is 2.33. The summed E-state index contributed by atoms with van der Waals surface area (Å²) >= 11 is 3.44. The summed E-state index contributed by atoms with van der Waals surface area (Å²) in [5.41, 5.74) is 2.76. The van der Waals surface area contributed by atoms with E-state index in [1.807, 2.05) is 43.3 Å². The van der Waals surface area contributed by atoms with Gasteiger partial charge in [0.2, 0.25) is 18.6 Å². The minimum absolute atomic E-state index is 0.153. The SMILES string of the molecule is Cc1ccc(Br)cc1N1CC[C@@H](C(=O)NCc2ccc3c(c2)OCO3)C1=O. The zero-order valence-corrected chi connectivity index (χ0v) is 16.4. The highest BCUT2D eigenvalue weighted by atomic mass is 79.9. The van der Waals surface area contributed by atoms with Crippen molar-refractivity contribution < 1.29 is 19.1 Å². The summed E-state index contributed by atoms with van der Waals surface area (Å²) in [7, 11) is 0. The molecule has 0 aliphatic carbocycles. The highest BCUT2D eigenvalue weighted by molar-refractivity contribution is 9.10. The Morgan fingerprint density at radius 2 is 2.04 bits per heavy atom. The van der Waals surface area contributed by atoms with Crippen LogP contribution in [0.5, 0.6) is 11.5 Å². The maximum absolute atomic E-state index is 12.8. The third kappa shape index (κ3) is 3.51. The topological polar surface area (TPSA) is 67.9 Å². The zero-order valence-electron chi connectivity index (χ0n) is 14.8. The number of halogens is 1. The molecule has 1 fully saturated rings. The van der Waals surface area contributed by atoms with E-state index in [1.165, 1.54) is 0 Å². The number of hydrogen-bond acceptors (Lipinski definition) is 4. The van der Waals surface area contributed by atoms with E-state index < -0.39 is 5.92 Å². The Bertz CT molecular complexity index is 915. The number of ether oxygens (including phenoxy) is 2. The molecular weight excluding hydrogens is 412 g/mol. The summed E-state index contributed by atoms with van der Waals surface area (Å²) in [6, 6.07) is 11.4. The Morgan fingerprint density at radius 3 is 2.89 bits per heavy atom. The van der Waals surface area contributed by atoms with Crippen LogP contribution in [0, 0.1) is 12.8 Å². The molecule has 0 aromatic heterocycles. The summed E-state index contributed by atoms with van der Waals surface area (Å²) in [6.45, 7) is 3.06. The molecule has 2 amide bonds. The Morgan fingerprint density at radius 1 is 1.22 bits per heavy atom. The van der Waals surface area contributed by atoms with E-state index in [0.717, 1.165) is 21.3 Å². The van der Waals surface area contributed by atoms with Gasteiger partial charge in [0.15, 0.2) is 11.5 Å². The average Bonchev–Trinajstić information content (AvgIpc) is 3.27. The van der Waals surface area contributed by atoms with Crippen molar-refractivity contribution in [1.29, 1.82) is 0 Å². The predicted octanol–water partition coefficient (Wildman–Crippen LogP) is 3.16. The van der Waals surface area contributed by atoms with Crippen molar-refractivity contribution >= 4 is 33.4 Å². The maximum Gasteiger partial charge on any atom is 0.239 e. The van der Waals surface area contributed by atoms with Crippen molar-refractivity contribution in [3.05, 3.63) is 52.0 Å². The van der Waals surface area contributed by atoms with Gasteiger partial charge in [0.25, 0.3) is 0 Å². The van der Waals surface area contributed by atoms with Crippen molar-refractivity contribution in [3.8, 4) is 11.5 Å². The highest BCUT2D eigenvalue weighted by Gasteiger charge is 2.38. The summed E-state index contributed by atoms with van der Waals surface area (Å²) < 4.78 is 11.5. The number of rotatable bonds is 4. The van der Waals surface area contributed by atoms with Gasteiger partial charge in [-0.25, -0.2) is 0 Å². The molecule has 0 saturated carbocycles. The molecule has 1 saturated heterocycles. The van der Waals surface area contributed by atoms with Crippen LogP contribution in [0.4, 0.5) is 5.69 Å². The van der Waals surface area contributed by atoms with E-state index in [0.29, 0.717) is 31.0 Å². The van der Waals surface area contributed by atoms with Crippen LogP contribution in [0.2, 0.25) is 0 Å². The van der Waals surface area contributed by atoms with Crippen molar-refractivity contribution in [1.82, 2.24) is 5.32 Å². The number of carbonyl (C=O) groups is 2. The third-order valence-electron chi connectivity index (χ3n) is 4.89. The van der Waals surface area contributed by atoms with E-state index in [-0.39, 0.29) is 18.6 Å². The fourth-order valence-corrected chi connectivity index (χ4v) is 3.75. The number of nitrogens with one attached hydrogen (secondary N) is 1. The van der Waals surface area contributed by atoms with Crippen molar-refractivity contribution in [2.75, 3.05) is 18.2 Å². The van der Waals surface area contributed by atoms with Gasteiger partial charge in [-0.2, -0.15) is 0 Å². The molecule has 0 unspecified atom stereocenters. The molecule has 140 valence electrons. The van der Waals surface area contributed by atoms with E-state index >= 15 is 0 Å². The van der Waals surface area contributed by atoms with Gasteiger partial charge in [-0.3, -0.25) is 9.59 Å². The van der Waals surface area contributed by atoms with Crippen molar-refractivity contribution in [3.63, 3.8) is 0 Å². The summed E-state index contributed by atoms with van der Waals surface area (Å²) in [5.74, 6) is 0.329. The van der Waals surface area contributed by atoms with Crippen LogP contribution >= 0.6 is 15.9 Å². The molecule has 0 spiro atoms. The van der Waals surface area contributed by atoms with Gasteiger partial charge >= 0.3 is 0 Å². The predicted molar refractivity (Wildman–Crippen MR) is 104 cm³/mol. The minimum atomic E-state index is -0.655. The largest absolute Gasteiger partial charge is 0.454 e. The molecule has 2 aromatic carbocycles. The van der Waals surface area contributed by atoms with Crippen LogP contribution in [-0.4, -0.2) is 25.2 Å². The lowest BCUT2D eigenvalue weighted by Crippen LogP contribution is -2.36. The van der Waals surface area contributed by atoms with E-state index in [4.69, 9.17) is 9.47 Å². The lowest BCUT2D eigenvalue weighted by Gasteiger charge is -2.19. The molecule has 0 radical (unpaired) electrons. The Kier molecular flexibility index (Phi) is 4.78. The maximum atomic E-state index is 12.8. The first-order valence-corrected chi connectivity index (χ1v) is 9.56. The monoisotopic (exact) mass is 430 g/mol. The quantitative estimate of drug-likeness (QED) is 0.756. The van der Waals surface area contributed by atoms with Gasteiger partial charge in [-0.05, 0) is 48.7 Å². The lowest BCUT2D eigenvalue weighted by molar-refractivity contribution is -0.132. The number of benzene rings is 2. The number of amides is 2. The molecular formula is C20H19BrN2O4. The summed E-state index contributed by atoms with van der Waals surface area (Å²) in [4.78, 5) is 27.1. The van der Waals surface area contributed by atoms with Gasteiger partial charge in [0, 0.05) is 23.2 Å². The zero-order chi connectivity index (χ0) is 19.0. The van der Waals surface area contributed by atoms with Gasteiger partial charge in [-0.1, -0.05) is 28.1 Å². The molecule has 2 heterocycles. The van der Waals surface area contributed by atoms with Crippen LogP contribution < -0.4 is 19.7 Å². The first-order chi connectivity index (χ1) is 13.0. The Balaban J connectivity index is 1.41. The van der Waals surface area contributed by atoms with Gasteiger partial charge in [-0.15, -0.1) is 0 Å². The standard InChI is InChI=1S/C20H19BrN2O4/c1-12-2-4-14(21)9-16(12)23-7-6-15(20(23)25)19(24)22-10-13-3-5-17-18(8-13)27-11-26-17/h2-5,8-9,15H,6-7,10-11H2,1H3,(H,22,24)/t15-/m0/s1. The lowest BCUT2D eigenvalue weighted by atomic mass is 10.1. The van der Waals surface area contributed by atoms with Crippen LogP contribution in [-0.2, 0) is 16.1 Å². The number of anilines is 1. The first kappa shape index (κ1) is 17.9. The number of nitrogens with zero attached hydrogens (tertiary/aromatic N) is 1. The molecule has 6 nitrogen and oxygen atoms in total. The van der Waals surface area contributed by atoms with E-state index in [9.17, 15) is 9.59 Å². The van der Waals surface area contributed by atoms with Crippen molar-refractivity contribution in [2.45, 2.75) is 19.9 Å². The van der Waals surface area contributed by atoms with E-state index in [1.54, 1.807) is 4.90 Å². The smallest absolute Gasteiger partial charge is 0.239 e. The van der Waals surface area contributed by atoms with Crippen molar-refractivity contribution in [2.24, 2.45) is 5.92 Å². The van der Waals surface area contributed by atoms with Crippen LogP contribution in [0.1, 0.15) is 17.5 Å². The average molecular weight is 431 g/mol. The Hall–Kier alpha value is -2.54. The number of hydrogen-bond donors (Lipinski definition) is 1. The number of fused-ring (bicyclic) bond motifs is 1.